The number of fused-ring (bicyclic) bond motifs is 1. The van der Waals surface area contributed by atoms with E-state index in [4.69, 9.17) is 4.42 Å². The molecule has 1 aliphatic heterocycles. The van der Waals surface area contributed by atoms with Gasteiger partial charge in [-0.3, -0.25) is 0 Å². The molecule has 0 unspecified atom stereocenters. The molecule has 162 valence electrons. The SMILES string of the molecule is O=C(NC1CCCCC1)N1CCC[C@@H]1c1nc2cc(-c3ccc(F)cc3F)ccc2o1. The van der Waals surface area contributed by atoms with Gasteiger partial charge in [0.1, 0.15) is 23.2 Å². The molecule has 1 saturated carbocycles. The van der Waals surface area contributed by atoms with Crippen LogP contribution in [0.4, 0.5) is 13.6 Å². The lowest BCUT2D eigenvalue weighted by Gasteiger charge is -2.28. The molecule has 5 nitrogen and oxygen atoms in total. The Morgan fingerprint density at radius 3 is 2.68 bits per heavy atom. The van der Waals surface area contributed by atoms with Gasteiger partial charge >= 0.3 is 6.03 Å². The van der Waals surface area contributed by atoms with E-state index in [9.17, 15) is 13.6 Å². The van der Waals surface area contributed by atoms with Crippen LogP contribution < -0.4 is 5.32 Å². The second kappa shape index (κ2) is 8.29. The van der Waals surface area contributed by atoms with Gasteiger partial charge in [0.05, 0.1) is 0 Å². The predicted octanol–water partition coefficient (Wildman–Crippen LogP) is 5.95. The lowest BCUT2D eigenvalue weighted by Crippen LogP contribution is -2.45. The first kappa shape index (κ1) is 20.0. The Bertz CT molecular complexity index is 1110. The standard InChI is InChI=1S/C24H25F2N3O2/c25-16-9-10-18(19(26)14-16)15-8-11-22-20(13-15)28-23(31-22)21-7-4-12-29(21)24(30)27-17-5-2-1-3-6-17/h8-11,13-14,17,21H,1-7,12H2,(H,27,30)/t21-/m1/s1. The summed E-state index contributed by atoms with van der Waals surface area (Å²) in [5.74, 6) is -0.730. The van der Waals surface area contributed by atoms with Crippen LogP contribution in [0.2, 0.25) is 0 Å². The van der Waals surface area contributed by atoms with Crippen molar-refractivity contribution in [2.75, 3.05) is 6.54 Å². The largest absolute Gasteiger partial charge is 0.438 e. The van der Waals surface area contributed by atoms with Crippen LogP contribution in [0.1, 0.15) is 56.9 Å². The van der Waals surface area contributed by atoms with Crippen molar-refractivity contribution in [3.8, 4) is 11.1 Å². The van der Waals surface area contributed by atoms with Crippen molar-refractivity contribution in [1.82, 2.24) is 15.2 Å². The van der Waals surface area contributed by atoms with Crippen molar-refractivity contribution in [3.63, 3.8) is 0 Å². The minimum Gasteiger partial charge on any atom is -0.438 e. The van der Waals surface area contributed by atoms with Gasteiger partial charge in [0.2, 0.25) is 5.89 Å². The summed E-state index contributed by atoms with van der Waals surface area (Å²) in [6, 6.07) is 8.72. The topological polar surface area (TPSA) is 58.4 Å². The summed E-state index contributed by atoms with van der Waals surface area (Å²) in [4.78, 5) is 19.3. The average Bonchev–Trinajstić information content (AvgIpc) is 3.41. The number of urea groups is 1. The van der Waals surface area contributed by atoms with Gasteiger partial charge < -0.3 is 14.6 Å². The molecule has 1 aromatic heterocycles. The Kier molecular flexibility index (Phi) is 5.34. The molecular formula is C24H25F2N3O2. The molecular weight excluding hydrogens is 400 g/mol. The molecule has 0 bridgehead atoms. The molecule has 1 atom stereocenters. The minimum atomic E-state index is -0.621. The van der Waals surface area contributed by atoms with E-state index in [0.29, 0.717) is 34.7 Å². The van der Waals surface area contributed by atoms with Crippen molar-refractivity contribution in [1.29, 1.82) is 0 Å². The van der Waals surface area contributed by atoms with Crippen molar-refractivity contribution in [3.05, 3.63) is 53.9 Å². The molecule has 1 N–H and O–H groups in total. The summed E-state index contributed by atoms with van der Waals surface area (Å²) in [6.07, 6.45) is 7.34. The molecule has 2 aliphatic rings. The van der Waals surface area contributed by atoms with Crippen molar-refractivity contribution in [2.24, 2.45) is 0 Å². The molecule has 1 aliphatic carbocycles. The lowest BCUT2D eigenvalue weighted by molar-refractivity contribution is 0.178. The summed E-state index contributed by atoms with van der Waals surface area (Å²) in [7, 11) is 0. The Morgan fingerprint density at radius 1 is 1.03 bits per heavy atom. The molecule has 2 aromatic carbocycles. The number of carbonyl (C=O) groups is 1. The molecule has 2 amide bonds. The van der Waals surface area contributed by atoms with Gasteiger partial charge in [-0.15, -0.1) is 0 Å². The van der Waals surface area contributed by atoms with Gasteiger partial charge in [0.25, 0.3) is 0 Å². The van der Waals surface area contributed by atoms with Crippen LogP contribution in [0.15, 0.2) is 40.8 Å². The first-order chi connectivity index (χ1) is 15.1. The monoisotopic (exact) mass is 425 g/mol. The van der Waals surface area contributed by atoms with Gasteiger partial charge in [-0.05, 0) is 55.5 Å². The minimum absolute atomic E-state index is 0.0503. The third-order valence-electron chi connectivity index (χ3n) is 6.38. The molecule has 0 spiro atoms. The number of nitrogens with zero attached hydrogens (tertiary/aromatic N) is 2. The maximum atomic E-state index is 14.2. The van der Waals surface area contributed by atoms with Crippen molar-refractivity contribution >= 4 is 17.1 Å². The van der Waals surface area contributed by atoms with E-state index in [1.807, 2.05) is 4.90 Å². The molecule has 5 rings (SSSR count). The maximum Gasteiger partial charge on any atom is 0.318 e. The number of likely N-dealkylation sites (tertiary alicyclic amines) is 1. The fourth-order valence-electron chi connectivity index (χ4n) is 4.75. The second-order valence-electron chi connectivity index (χ2n) is 8.49. The summed E-state index contributed by atoms with van der Waals surface area (Å²) in [6.45, 7) is 0.675. The number of amides is 2. The maximum absolute atomic E-state index is 14.2. The van der Waals surface area contributed by atoms with Crippen LogP contribution in [0, 0.1) is 11.6 Å². The molecule has 2 heterocycles. The summed E-state index contributed by atoms with van der Waals surface area (Å²) in [5.41, 5.74) is 2.09. The van der Waals surface area contributed by atoms with Gasteiger partial charge in [-0.2, -0.15) is 0 Å². The highest BCUT2D eigenvalue weighted by molar-refractivity contribution is 5.81. The highest BCUT2D eigenvalue weighted by atomic mass is 19.1. The van der Waals surface area contributed by atoms with E-state index in [0.717, 1.165) is 44.6 Å². The van der Waals surface area contributed by atoms with Crippen LogP contribution >= 0.6 is 0 Å². The predicted molar refractivity (Wildman–Crippen MR) is 113 cm³/mol. The van der Waals surface area contributed by atoms with E-state index in [-0.39, 0.29) is 18.1 Å². The smallest absolute Gasteiger partial charge is 0.318 e. The van der Waals surface area contributed by atoms with E-state index >= 15 is 0 Å². The molecule has 7 heteroatoms. The number of rotatable bonds is 3. The fourth-order valence-corrected chi connectivity index (χ4v) is 4.75. The summed E-state index contributed by atoms with van der Waals surface area (Å²) < 4.78 is 33.4. The van der Waals surface area contributed by atoms with E-state index in [1.165, 1.54) is 18.6 Å². The number of benzene rings is 2. The van der Waals surface area contributed by atoms with Crippen molar-refractivity contribution < 1.29 is 18.0 Å². The van der Waals surface area contributed by atoms with Crippen LogP contribution in [-0.4, -0.2) is 28.5 Å². The molecule has 2 fully saturated rings. The molecule has 31 heavy (non-hydrogen) atoms. The second-order valence-corrected chi connectivity index (χ2v) is 8.49. The number of aromatic nitrogens is 1. The number of halogens is 2. The first-order valence-corrected chi connectivity index (χ1v) is 11.0. The number of carbonyl (C=O) groups excluding carboxylic acids is 1. The quantitative estimate of drug-likeness (QED) is 0.564. The number of nitrogens with one attached hydrogen (secondary N) is 1. The van der Waals surface area contributed by atoms with Crippen molar-refractivity contribution in [2.45, 2.75) is 57.0 Å². The van der Waals surface area contributed by atoms with Gasteiger partial charge in [0, 0.05) is 24.2 Å². The number of oxazole rings is 1. The summed E-state index contributed by atoms with van der Waals surface area (Å²) >= 11 is 0. The number of hydrogen-bond acceptors (Lipinski definition) is 3. The van der Waals surface area contributed by atoms with Gasteiger partial charge in [0.15, 0.2) is 5.58 Å². The normalized spacial score (nSPS) is 19.8. The Labute approximate surface area is 179 Å². The van der Waals surface area contributed by atoms with E-state index in [1.54, 1.807) is 18.2 Å². The molecule has 0 radical (unpaired) electrons. The van der Waals surface area contributed by atoms with E-state index < -0.39 is 11.6 Å². The summed E-state index contributed by atoms with van der Waals surface area (Å²) in [5, 5.41) is 3.18. The highest BCUT2D eigenvalue weighted by Crippen LogP contribution is 2.35. The first-order valence-electron chi connectivity index (χ1n) is 11.0. The number of hydrogen-bond donors (Lipinski definition) is 1. The van der Waals surface area contributed by atoms with Crippen LogP contribution in [0.25, 0.3) is 22.2 Å². The zero-order chi connectivity index (χ0) is 21.4. The zero-order valence-electron chi connectivity index (χ0n) is 17.2. The molecule has 1 saturated heterocycles. The lowest BCUT2D eigenvalue weighted by atomic mass is 9.96. The van der Waals surface area contributed by atoms with Gasteiger partial charge in [-0.1, -0.05) is 25.3 Å². The van der Waals surface area contributed by atoms with E-state index in [2.05, 4.69) is 10.3 Å². The highest BCUT2D eigenvalue weighted by Gasteiger charge is 2.34. The fraction of sp³-hybridized carbons (Fsp3) is 0.417. The third kappa shape index (κ3) is 4.01. The third-order valence-corrected chi connectivity index (χ3v) is 6.38. The van der Waals surface area contributed by atoms with Crippen LogP contribution in [-0.2, 0) is 0 Å². The van der Waals surface area contributed by atoms with Crippen LogP contribution in [0.3, 0.4) is 0 Å². The molecule has 3 aromatic rings. The van der Waals surface area contributed by atoms with Crippen LogP contribution in [0.5, 0.6) is 0 Å². The zero-order valence-corrected chi connectivity index (χ0v) is 17.2. The Balaban J connectivity index is 1.38. The Hall–Kier alpha value is -2.96. The average molecular weight is 425 g/mol. The Morgan fingerprint density at radius 2 is 1.87 bits per heavy atom. The van der Waals surface area contributed by atoms with Gasteiger partial charge in [-0.25, -0.2) is 18.6 Å².